The zero-order valence-corrected chi connectivity index (χ0v) is 10.8. The van der Waals surface area contributed by atoms with Crippen molar-refractivity contribution in [2.75, 3.05) is 13.1 Å². The van der Waals surface area contributed by atoms with E-state index in [-0.39, 0.29) is 11.3 Å². The van der Waals surface area contributed by atoms with Gasteiger partial charge in [-0.05, 0) is 17.7 Å². The highest BCUT2D eigenvalue weighted by atomic mass is 32.2. The average Bonchev–Trinajstić information content (AvgIpc) is 2.38. The number of hydrogen-bond donors (Lipinski definition) is 2. The van der Waals surface area contributed by atoms with Crippen molar-refractivity contribution in [3.8, 4) is 6.07 Å². The number of nitriles is 1. The Labute approximate surface area is 110 Å². The number of rotatable bonds is 6. The van der Waals surface area contributed by atoms with Gasteiger partial charge in [-0.2, -0.15) is 5.26 Å². The van der Waals surface area contributed by atoms with Gasteiger partial charge in [0.15, 0.2) is 0 Å². The molecule has 0 amide bonds. The van der Waals surface area contributed by atoms with Crippen LogP contribution < -0.4 is 10.5 Å². The Kier molecular flexibility index (Phi) is 4.94. The van der Waals surface area contributed by atoms with Crippen LogP contribution in [0.3, 0.4) is 0 Å². The molecule has 1 rings (SSSR count). The van der Waals surface area contributed by atoms with Crippen LogP contribution in [-0.4, -0.2) is 27.4 Å². The maximum Gasteiger partial charge on any atom is 0.273 e. The quantitative estimate of drug-likeness (QED) is 0.802. The summed E-state index contributed by atoms with van der Waals surface area (Å²) in [5, 5.41) is 8.47. The third-order valence-electron chi connectivity index (χ3n) is 2.34. The molecule has 19 heavy (non-hydrogen) atoms. The Balaban J connectivity index is 2.81. The fourth-order valence-electron chi connectivity index (χ4n) is 1.23. The molecule has 0 atom stereocenters. The predicted octanol–water partition coefficient (Wildman–Crippen LogP) is 0.625. The van der Waals surface area contributed by atoms with E-state index < -0.39 is 29.0 Å². The third kappa shape index (κ3) is 4.55. The highest BCUT2D eigenvalue weighted by Crippen LogP contribution is 2.14. The highest BCUT2D eigenvalue weighted by Gasteiger charge is 2.29. The number of nitrogens with two attached hydrogens (primary N) is 1. The molecule has 0 heterocycles. The molecule has 0 aliphatic rings. The minimum Gasteiger partial charge on any atom is -0.325 e. The predicted molar refractivity (Wildman–Crippen MR) is 64.9 cm³/mol. The van der Waals surface area contributed by atoms with Crippen molar-refractivity contribution in [3.63, 3.8) is 0 Å². The Morgan fingerprint density at radius 2 is 1.89 bits per heavy atom. The van der Waals surface area contributed by atoms with Gasteiger partial charge in [0.25, 0.3) is 5.92 Å². The van der Waals surface area contributed by atoms with Crippen LogP contribution in [0.1, 0.15) is 5.56 Å². The SMILES string of the molecule is N#CCc1ccc(S(=O)(=O)NCC(F)(F)CN)cc1. The van der Waals surface area contributed by atoms with Crippen molar-refractivity contribution in [3.05, 3.63) is 29.8 Å². The van der Waals surface area contributed by atoms with Crippen molar-refractivity contribution in [1.29, 1.82) is 5.26 Å². The lowest BCUT2D eigenvalue weighted by Crippen LogP contribution is -2.41. The highest BCUT2D eigenvalue weighted by molar-refractivity contribution is 7.89. The van der Waals surface area contributed by atoms with E-state index in [2.05, 4.69) is 0 Å². The van der Waals surface area contributed by atoms with Crippen molar-refractivity contribution >= 4 is 10.0 Å². The molecule has 104 valence electrons. The lowest BCUT2D eigenvalue weighted by atomic mass is 10.2. The first-order valence-corrected chi connectivity index (χ1v) is 6.82. The molecule has 0 spiro atoms. The number of hydrogen-bond acceptors (Lipinski definition) is 4. The summed E-state index contributed by atoms with van der Waals surface area (Å²) in [6.07, 6.45) is 0.152. The van der Waals surface area contributed by atoms with Crippen LogP contribution in [0.4, 0.5) is 8.78 Å². The van der Waals surface area contributed by atoms with Gasteiger partial charge in [0.2, 0.25) is 10.0 Å². The summed E-state index contributed by atoms with van der Waals surface area (Å²) in [6, 6.07) is 7.35. The zero-order chi connectivity index (χ0) is 14.5. The van der Waals surface area contributed by atoms with Gasteiger partial charge in [-0.3, -0.25) is 0 Å². The molecular formula is C11H13F2N3O2S. The number of halogens is 2. The first-order chi connectivity index (χ1) is 8.80. The largest absolute Gasteiger partial charge is 0.325 e. The van der Waals surface area contributed by atoms with Gasteiger partial charge in [0.1, 0.15) is 0 Å². The summed E-state index contributed by atoms with van der Waals surface area (Å²) in [4.78, 5) is -0.137. The van der Waals surface area contributed by atoms with E-state index in [0.29, 0.717) is 5.56 Å². The smallest absolute Gasteiger partial charge is 0.273 e. The fraction of sp³-hybridized carbons (Fsp3) is 0.364. The molecule has 0 aliphatic heterocycles. The van der Waals surface area contributed by atoms with E-state index in [1.54, 1.807) is 4.72 Å². The molecule has 1 aromatic carbocycles. The molecule has 5 nitrogen and oxygen atoms in total. The maximum atomic E-state index is 12.9. The molecule has 0 bridgehead atoms. The number of sulfonamides is 1. The van der Waals surface area contributed by atoms with E-state index >= 15 is 0 Å². The second kappa shape index (κ2) is 6.06. The molecular weight excluding hydrogens is 276 g/mol. The average molecular weight is 289 g/mol. The normalized spacial score (nSPS) is 12.1. The summed E-state index contributed by atoms with van der Waals surface area (Å²) in [7, 11) is -4.00. The van der Waals surface area contributed by atoms with E-state index in [0.717, 1.165) is 0 Å². The van der Waals surface area contributed by atoms with Gasteiger partial charge in [0, 0.05) is 0 Å². The van der Waals surface area contributed by atoms with Gasteiger partial charge in [-0.25, -0.2) is 21.9 Å². The first-order valence-electron chi connectivity index (χ1n) is 5.34. The van der Waals surface area contributed by atoms with Crippen molar-refractivity contribution < 1.29 is 17.2 Å². The number of nitrogens with zero attached hydrogens (tertiary/aromatic N) is 1. The molecule has 0 radical (unpaired) electrons. The number of benzene rings is 1. The third-order valence-corrected chi connectivity index (χ3v) is 3.75. The van der Waals surface area contributed by atoms with Crippen molar-refractivity contribution in [1.82, 2.24) is 4.72 Å². The Bertz CT molecular complexity index is 565. The Morgan fingerprint density at radius 1 is 1.32 bits per heavy atom. The van der Waals surface area contributed by atoms with Gasteiger partial charge in [0.05, 0.1) is 30.5 Å². The molecule has 0 aromatic heterocycles. The van der Waals surface area contributed by atoms with Gasteiger partial charge in [-0.15, -0.1) is 0 Å². The lowest BCUT2D eigenvalue weighted by molar-refractivity contribution is 0.0170. The molecule has 0 saturated carbocycles. The Morgan fingerprint density at radius 3 is 2.37 bits per heavy atom. The summed E-state index contributed by atoms with van der Waals surface area (Å²) >= 11 is 0. The molecule has 0 fully saturated rings. The van der Waals surface area contributed by atoms with Crippen LogP contribution in [0.15, 0.2) is 29.2 Å². The number of nitrogens with one attached hydrogen (secondary N) is 1. The number of alkyl halides is 2. The maximum absolute atomic E-state index is 12.9. The van der Waals surface area contributed by atoms with E-state index in [9.17, 15) is 17.2 Å². The van der Waals surface area contributed by atoms with Gasteiger partial charge >= 0.3 is 0 Å². The topological polar surface area (TPSA) is 96.0 Å². The minimum atomic E-state index is -4.00. The monoisotopic (exact) mass is 289 g/mol. The summed E-state index contributed by atoms with van der Waals surface area (Å²) < 4.78 is 51.0. The van der Waals surface area contributed by atoms with Crippen LogP contribution >= 0.6 is 0 Å². The van der Waals surface area contributed by atoms with E-state index in [4.69, 9.17) is 11.0 Å². The zero-order valence-electron chi connectivity index (χ0n) is 9.94. The standard InChI is InChI=1S/C11H13F2N3O2S/c12-11(13,7-15)8-16-19(17,18)10-3-1-9(2-4-10)5-6-14/h1-4,16H,5,7-8,15H2. The second-order valence-electron chi connectivity index (χ2n) is 3.86. The van der Waals surface area contributed by atoms with Crippen LogP contribution in [-0.2, 0) is 16.4 Å². The summed E-state index contributed by atoms with van der Waals surface area (Å²) in [5.74, 6) is -3.28. The van der Waals surface area contributed by atoms with Crippen molar-refractivity contribution in [2.45, 2.75) is 17.2 Å². The summed E-state index contributed by atoms with van der Waals surface area (Å²) in [6.45, 7) is -1.98. The van der Waals surface area contributed by atoms with Gasteiger partial charge < -0.3 is 5.73 Å². The molecule has 8 heteroatoms. The van der Waals surface area contributed by atoms with E-state index in [1.165, 1.54) is 24.3 Å². The minimum absolute atomic E-state index is 0.137. The Hall–Kier alpha value is -1.56. The van der Waals surface area contributed by atoms with Gasteiger partial charge in [-0.1, -0.05) is 12.1 Å². The first kappa shape index (κ1) is 15.5. The molecule has 3 N–H and O–H groups in total. The molecule has 0 saturated heterocycles. The second-order valence-corrected chi connectivity index (χ2v) is 5.63. The summed E-state index contributed by atoms with van der Waals surface area (Å²) in [5.41, 5.74) is 5.46. The van der Waals surface area contributed by atoms with Crippen molar-refractivity contribution in [2.24, 2.45) is 5.73 Å². The fourth-order valence-corrected chi connectivity index (χ4v) is 2.30. The molecule has 1 aromatic rings. The van der Waals surface area contributed by atoms with Crippen LogP contribution in [0.2, 0.25) is 0 Å². The molecule has 0 aliphatic carbocycles. The van der Waals surface area contributed by atoms with Crippen LogP contribution in [0.5, 0.6) is 0 Å². The molecule has 0 unspecified atom stereocenters. The van der Waals surface area contributed by atoms with Crippen LogP contribution in [0.25, 0.3) is 0 Å². The van der Waals surface area contributed by atoms with Crippen LogP contribution in [0, 0.1) is 11.3 Å². The lowest BCUT2D eigenvalue weighted by Gasteiger charge is -2.14. The van der Waals surface area contributed by atoms with E-state index in [1.807, 2.05) is 6.07 Å².